The lowest BCUT2D eigenvalue weighted by Gasteiger charge is -2.28. The second-order valence-corrected chi connectivity index (χ2v) is 4.88. The summed E-state index contributed by atoms with van der Waals surface area (Å²) < 4.78 is 17.0. The summed E-state index contributed by atoms with van der Waals surface area (Å²) in [5.74, 6) is 0. The van der Waals surface area contributed by atoms with Gasteiger partial charge >= 0.3 is 0 Å². The molecule has 1 rings (SSSR count). The smallest absolute Gasteiger partial charge is 0.112 e. The number of ether oxygens (including phenoxy) is 3. The minimum absolute atomic E-state index is 0.0362. The maximum absolute atomic E-state index is 10.0. The molecule has 0 bridgehead atoms. The topological polar surface area (TPSA) is 47.9 Å². The van der Waals surface area contributed by atoms with Crippen molar-refractivity contribution in [1.29, 1.82) is 0 Å². The lowest BCUT2D eigenvalue weighted by Crippen LogP contribution is -2.42. The van der Waals surface area contributed by atoms with Crippen molar-refractivity contribution in [3.05, 3.63) is 0 Å². The standard InChI is InChI=1S/C14H28O4/c1-3-5-8-17-13-7-10-16-11-12(15)14(13)18-9-6-4-2/h12-15H,3-11H2,1-2H3/t12?,13-,14?/m1/s1. The Bertz CT molecular complexity index is 198. The van der Waals surface area contributed by atoms with E-state index in [0.29, 0.717) is 19.8 Å². The number of aliphatic hydroxyl groups excluding tert-OH is 1. The van der Waals surface area contributed by atoms with Crippen LogP contribution in [0.25, 0.3) is 0 Å². The average molecular weight is 260 g/mol. The molecule has 1 aliphatic heterocycles. The third-order valence-electron chi connectivity index (χ3n) is 3.22. The van der Waals surface area contributed by atoms with Crippen molar-refractivity contribution >= 4 is 0 Å². The van der Waals surface area contributed by atoms with Gasteiger partial charge in [-0.1, -0.05) is 26.7 Å². The van der Waals surface area contributed by atoms with E-state index in [0.717, 1.165) is 38.7 Å². The Morgan fingerprint density at radius 1 is 1.11 bits per heavy atom. The molecule has 1 N–H and O–H groups in total. The highest BCUT2D eigenvalue weighted by molar-refractivity contribution is 4.81. The van der Waals surface area contributed by atoms with E-state index in [4.69, 9.17) is 14.2 Å². The van der Waals surface area contributed by atoms with Gasteiger partial charge in [-0.05, 0) is 19.3 Å². The molecule has 1 fully saturated rings. The lowest BCUT2D eigenvalue weighted by atomic mass is 10.1. The van der Waals surface area contributed by atoms with E-state index in [9.17, 15) is 5.11 Å². The van der Waals surface area contributed by atoms with Crippen molar-refractivity contribution in [2.24, 2.45) is 0 Å². The molecule has 1 heterocycles. The van der Waals surface area contributed by atoms with Crippen molar-refractivity contribution in [2.45, 2.75) is 64.3 Å². The van der Waals surface area contributed by atoms with Crippen LogP contribution in [-0.4, -0.2) is 49.8 Å². The fraction of sp³-hybridized carbons (Fsp3) is 1.00. The molecule has 0 aromatic rings. The first kappa shape index (κ1) is 15.9. The molecular weight excluding hydrogens is 232 g/mol. The SMILES string of the molecule is CCCCOC1C(O)COCC[C@H]1OCCCC. The molecule has 18 heavy (non-hydrogen) atoms. The summed E-state index contributed by atoms with van der Waals surface area (Å²) in [4.78, 5) is 0. The van der Waals surface area contributed by atoms with Crippen LogP contribution < -0.4 is 0 Å². The monoisotopic (exact) mass is 260 g/mol. The molecule has 0 spiro atoms. The van der Waals surface area contributed by atoms with E-state index in [2.05, 4.69) is 13.8 Å². The third-order valence-corrected chi connectivity index (χ3v) is 3.22. The molecule has 4 heteroatoms. The van der Waals surface area contributed by atoms with Crippen LogP contribution in [0.15, 0.2) is 0 Å². The van der Waals surface area contributed by atoms with Crippen LogP contribution >= 0.6 is 0 Å². The largest absolute Gasteiger partial charge is 0.388 e. The Morgan fingerprint density at radius 2 is 1.78 bits per heavy atom. The number of hydrogen-bond donors (Lipinski definition) is 1. The molecule has 0 aliphatic carbocycles. The summed E-state index contributed by atoms with van der Waals surface area (Å²) in [5, 5.41) is 10.0. The summed E-state index contributed by atoms with van der Waals surface area (Å²) in [5.41, 5.74) is 0. The van der Waals surface area contributed by atoms with Crippen molar-refractivity contribution in [1.82, 2.24) is 0 Å². The Kier molecular flexibility index (Phi) is 8.59. The van der Waals surface area contributed by atoms with Gasteiger partial charge in [0.1, 0.15) is 12.2 Å². The third kappa shape index (κ3) is 5.65. The van der Waals surface area contributed by atoms with Crippen LogP contribution in [0.4, 0.5) is 0 Å². The Hall–Kier alpha value is -0.160. The Morgan fingerprint density at radius 3 is 2.44 bits per heavy atom. The molecule has 0 radical (unpaired) electrons. The highest BCUT2D eigenvalue weighted by Crippen LogP contribution is 2.18. The zero-order valence-electron chi connectivity index (χ0n) is 11.8. The molecule has 108 valence electrons. The van der Waals surface area contributed by atoms with Crippen LogP contribution in [-0.2, 0) is 14.2 Å². The van der Waals surface area contributed by atoms with E-state index in [-0.39, 0.29) is 12.2 Å². The fourth-order valence-corrected chi connectivity index (χ4v) is 2.05. The van der Waals surface area contributed by atoms with Crippen molar-refractivity contribution in [3.63, 3.8) is 0 Å². The first-order chi connectivity index (χ1) is 8.79. The fourth-order valence-electron chi connectivity index (χ4n) is 2.05. The van der Waals surface area contributed by atoms with Gasteiger partial charge in [-0.3, -0.25) is 0 Å². The molecular formula is C14H28O4. The van der Waals surface area contributed by atoms with Gasteiger partial charge < -0.3 is 19.3 Å². The van der Waals surface area contributed by atoms with Gasteiger partial charge in [0.2, 0.25) is 0 Å². The summed E-state index contributed by atoms with van der Waals surface area (Å²) in [6, 6.07) is 0. The molecule has 1 aliphatic rings. The Balaban J connectivity index is 2.44. The molecule has 2 unspecified atom stereocenters. The van der Waals surface area contributed by atoms with Crippen LogP contribution in [0.5, 0.6) is 0 Å². The zero-order valence-corrected chi connectivity index (χ0v) is 11.8. The highest BCUT2D eigenvalue weighted by Gasteiger charge is 2.32. The van der Waals surface area contributed by atoms with E-state index in [1.807, 2.05) is 0 Å². The van der Waals surface area contributed by atoms with Gasteiger partial charge in [-0.15, -0.1) is 0 Å². The van der Waals surface area contributed by atoms with Gasteiger partial charge in [0.25, 0.3) is 0 Å². The number of aliphatic hydroxyl groups is 1. The normalized spacial score (nSPS) is 29.2. The van der Waals surface area contributed by atoms with Gasteiger partial charge in [-0.2, -0.15) is 0 Å². The van der Waals surface area contributed by atoms with Crippen LogP contribution in [0.2, 0.25) is 0 Å². The van der Waals surface area contributed by atoms with Gasteiger partial charge in [0.05, 0.1) is 12.7 Å². The maximum atomic E-state index is 10.0. The van der Waals surface area contributed by atoms with E-state index < -0.39 is 6.10 Å². The summed E-state index contributed by atoms with van der Waals surface area (Å²) >= 11 is 0. The maximum Gasteiger partial charge on any atom is 0.112 e. The van der Waals surface area contributed by atoms with E-state index >= 15 is 0 Å². The molecule has 3 atom stereocenters. The van der Waals surface area contributed by atoms with Crippen molar-refractivity contribution in [2.75, 3.05) is 26.4 Å². The molecule has 0 aromatic heterocycles. The first-order valence-corrected chi connectivity index (χ1v) is 7.28. The lowest BCUT2D eigenvalue weighted by molar-refractivity contribution is -0.121. The summed E-state index contributed by atoms with van der Waals surface area (Å²) in [7, 11) is 0. The predicted molar refractivity (Wildman–Crippen MR) is 70.7 cm³/mol. The molecule has 4 nitrogen and oxygen atoms in total. The molecule has 0 aromatic carbocycles. The van der Waals surface area contributed by atoms with Crippen molar-refractivity contribution < 1.29 is 19.3 Å². The minimum atomic E-state index is -0.573. The van der Waals surface area contributed by atoms with Crippen LogP contribution in [0.3, 0.4) is 0 Å². The van der Waals surface area contributed by atoms with Crippen LogP contribution in [0, 0.1) is 0 Å². The number of hydrogen-bond acceptors (Lipinski definition) is 4. The number of unbranched alkanes of at least 4 members (excludes halogenated alkanes) is 2. The predicted octanol–water partition coefficient (Wildman–Crippen LogP) is 2.14. The van der Waals surface area contributed by atoms with Gasteiger partial charge in [-0.25, -0.2) is 0 Å². The van der Waals surface area contributed by atoms with Crippen LogP contribution in [0.1, 0.15) is 46.0 Å². The second-order valence-electron chi connectivity index (χ2n) is 4.88. The summed E-state index contributed by atoms with van der Waals surface area (Å²) in [6.45, 7) is 6.69. The van der Waals surface area contributed by atoms with Crippen molar-refractivity contribution in [3.8, 4) is 0 Å². The minimum Gasteiger partial charge on any atom is -0.388 e. The molecule has 1 saturated heterocycles. The van der Waals surface area contributed by atoms with E-state index in [1.54, 1.807) is 0 Å². The Labute approximate surface area is 111 Å². The van der Waals surface area contributed by atoms with Gasteiger partial charge in [0.15, 0.2) is 0 Å². The second kappa shape index (κ2) is 9.73. The number of rotatable bonds is 8. The average Bonchev–Trinajstić information content (AvgIpc) is 2.54. The molecule has 0 amide bonds. The highest BCUT2D eigenvalue weighted by atomic mass is 16.6. The summed E-state index contributed by atoms with van der Waals surface area (Å²) in [6.07, 6.45) is 4.24. The van der Waals surface area contributed by atoms with Gasteiger partial charge in [0, 0.05) is 19.8 Å². The molecule has 0 saturated carbocycles. The first-order valence-electron chi connectivity index (χ1n) is 7.28. The zero-order chi connectivity index (χ0) is 13.2. The van der Waals surface area contributed by atoms with E-state index in [1.165, 1.54) is 0 Å². The quantitative estimate of drug-likeness (QED) is 0.679.